The number of amides is 3. The number of hydrogen-bond acceptors (Lipinski definition) is 8. The van der Waals surface area contributed by atoms with Crippen molar-refractivity contribution in [1.82, 2.24) is 16.0 Å². The second kappa shape index (κ2) is 13.8. The van der Waals surface area contributed by atoms with Gasteiger partial charge in [0.25, 0.3) is 0 Å². The Labute approximate surface area is 184 Å². The summed E-state index contributed by atoms with van der Waals surface area (Å²) in [6.45, 7) is 4.48. The molecule has 0 saturated carbocycles. The lowest BCUT2D eigenvalue weighted by Crippen LogP contribution is -2.58. The fourth-order valence-electron chi connectivity index (χ4n) is 2.42. The number of hydrogen-bond donors (Lipinski definition) is 7. The Bertz CT molecular complexity index is 658. The van der Waals surface area contributed by atoms with Crippen LogP contribution in [-0.2, 0) is 24.0 Å². The molecule has 0 aromatic rings. The van der Waals surface area contributed by atoms with Gasteiger partial charge in [0.2, 0.25) is 17.7 Å². The monoisotopic (exact) mass is 464 g/mol. The number of carboxylic acid groups (broad SMARTS) is 2. The Kier molecular flexibility index (Phi) is 12.8. The lowest BCUT2D eigenvalue weighted by atomic mass is 10.0. The van der Waals surface area contributed by atoms with E-state index in [1.165, 1.54) is 18.7 Å². The van der Waals surface area contributed by atoms with Crippen molar-refractivity contribution < 1.29 is 39.3 Å². The van der Waals surface area contributed by atoms with Gasteiger partial charge in [-0.25, -0.2) is 4.79 Å². The molecular formula is C18H32N4O8S. The highest BCUT2D eigenvalue weighted by molar-refractivity contribution is 7.98. The van der Waals surface area contributed by atoms with Crippen LogP contribution < -0.4 is 21.7 Å². The minimum absolute atomic E-state index is 0.143. The highest BCUT2D eigenvalue weighted by Gasteiger charge is 2.32. The van der Waals surface area contributed by atoms with Crippen LogP contribution in [-0.4, -0.2) is 87.3 Å². The number of nitrogens with one attached hydrogen (secondary N) is 3. The van der Waals surface area contributed by atoms with Gasteiger partial charge in [0.1, 0.15) is 24.2 Å². The van der Waals surface area contributed by atoms with Crippen LogP contribution >= 0.6 is 11.8 Å². The molecule has 13 heteroatoms. The number of carboxylic acids is 2. The summed E-state index contributed by atoms with van der Waals surface area (Å²) in [7, 11) is 0. The molecule has 0 aliphatic heterocycles. The van der Waals surface area contributed by atoms with Crippen molar-refractivity contribution in [2.24, 2.45) is 11.7 Å². The number of aliphatic hydroxyl groups excluding tert-OH is 1. The smallest absolute Gasteiger partial charge is 0.326 e. The predicted molar refractivity (Wildman–Crippen MR) is 113 cm³/mol. The number of rotatable bonds is 14. The molecular weight excluding hydrogens is 432 g/mol. The first-order valence-corrected chi connectivity index (χ1v) is 11.0. The Morgan fingerprint density at radius 1 is 0.903 bits per heavy atom. The minimum atomic E-state index is -1.56. The van der Waals surface area contributed by atoms with Gasteiger partial charge in [-0.2, -0.15) is 11.8 Å². The molecule has 0 spiro atoms. The SMILES string of the molecule is CSCCC(NC(=O)C(CC(=O)O)NC(=O)C(N)C(C)O)C(=O)NC(C(=O)O)C(C)C. The summed E-state index contributed by atoms with van der Waals surface area (Å²) in [6, 6.07) is -5.28. The quantitative estimate of drug-likeness (QED) is 0.152. The third-order valence-corrected chi connectivity index (χ3v) is 4.95. The summed E-state index contributed by atoms with van der Waals surface area (Å²) >= 11 is 1.39. The fourth-order valence-corrected chi connectivity index (χ4v) is 2.89. The van der Waals surface area contributed by atoms with E-state index in [0.717, 1.165) is 0 Å². The molecule has 12 nitrogen and oxygen atoms in total. The lowest BCUT2D eigenvalue weighted by Gasteiger charge is -2.25. The molecule has 0 aliphatic carbocycles. The molecule has 8 N–H and O–H groups in total. The Morgan fingerprint density at radius 3 is 1.84 bits per heavy atom. The van der Waals surface area contributed by atoms with Gasteiger partial charge in [-0.1, -0.05) is 13.8 Å². The summed E-state index contributed by atoms with van der Waals surface area (Å²) in [4.78, 5) is 59.8. The van der Waals surface area contributed by atoms with Crippen molar-refractivity contribution in [2.75, 3.05) is 12.0 Å². The largest absolute Gasteiger partial charge is 0.481 e. The molecule has 0 fully saturated rings. The van der Waals surface area contributed by atoms with E-state index in [2.05, 4.69) is 16.0 Å². The second-order valence-electron chi connectivity index (χ2n) is 7.34. The third kappa shape index (κ3) is 10.5. The summed E-state index contributed by atoms with van der Waals surface area (Å²) in [6.07, 6.45) is -0.109. The molecule has 0 rings (SSSR count). The maximum absolute atomic E-state index is 12.6. The Balaban J connectivity index is 5.48. The van der Waals surface area contributed by atoms with E-state index in [-0.39, 0.29) is 6.42 Å². The Morgan fingerprint density at radius 2 is 1.42 bits per heavy atom. The molecule has 3 amide bonds. The molecule has 178 valence electrons. The molecule has 0 aromatic carbocycles. The molecule has 5 unspecified atom stereocenters. The molecule has 0 aliphatic rings. The number of aliphatic hydroxyl groups is 1. The van der Waals surface area contributed by atoms with E-state index in [9.17, 15) is 34.2 Å². The second-order valence-corrected chi connectivity index (χ2v) is 8.32. The minimum Gasteiger partial charge on any atom is -0.481 e. The molecule has 5 atom stereocenters. The van der Waals surface area contributed by atoms with E-state index in [0.29, 0.717) is 5.75 Å². The van der Waals surface area contributed by atoms with Crippen LogP contribution in [0.2, 0.25) is 0 Å². The van der Waals surface area contributed by atoms with Gasteiger partial charge in [0.15, 0.2) is 0 Å². The van der Waals surface area contributed by atoms with Gasteiger partial charge in [-0.3, -0.25) is 19.2 Å². The maximum atomic E-state index is 12.6. The lowest BCUT2D eigenvalue weighted by molar-refractivity contribution is -0.144. The maximum Gasteiger partial charge on any atom is 0.326 e. The number of carbonyl (C=O) groups is 5. The average Bonchev–Trinajstić information content (AvgIpc) is 2.66. The van der Waals surface area contributed by atoms with Crippen LogP contribution in [0.25, 0.3) is 0 Å². The standard InChI is InChI=1S/C18H32N4O8S/c1-8(2)14(18(29)30)22-15(26)10(5-6-31-4)20-16(27)11(7-12(24)25)21-17(28)13(19)9(3)23/h8-11,13-14,23H,5-7,19H2,1-4H3,(H,20,27)(H,21,28)(H,22,26)(H,24,25)(H,29,30). The molecule has 0 heterocycles. The first-order valence-electron chi connectivity index (χ1n) is 9.60. The van der Waals surface area contributed by atoms with Crippen molar-refractivity contribution in [3.8, 4) is 0 Å². The van der Waals surface area contributed by atoms with Crippen molar-refractivity contribution in [3.63, 3.8) is 0 Å². The van der Waals surface area contributed by atoms with E-state index >= 15 is 0 Å². The molecule has 0 aromatic heterocycles. The van der Waals surface area contributed by atoms with E-state index in [1.807, 2.05) is 0 Å². The highest BCUT2D eigenvalue weighted by atomic mass is 32.2. The Hall–Kier alpha value is -2.38. The van der Waals surface area contributed by atoms with Crippen molar-refractivity contribution in [2.45, 2.75) is 63.9 Å². The zero-order valence-corrected chi connectivity index (χ0v) is 18.8. The van der Waals surface area contributed by atoms with E-state index in [1.54, 1.807) is 20.1 Å². The van der Waals surface area contributed by atoms with Gasteiger partial charge in [-0.15, -0.1) is 0 Å². The van der Waals surface area contributed by atoms with Crippen LogP contribution in [0.5, 0.6) is 0 Å². The fraction of sp³-hybridized carbons (Fsp3) is 0.722. The molecule has 0 bridgehead atoms. The normalized spacial score (nSPS) is 15.8. The van der Waals surface area contributed by atoms with Gasteiger partial charge in [0, 0.05) is 0 Å². The van der Waals surface area contributed by atoms with Crippen molar-refractivity contribution in [3.05, 3.63) is 0 Å². The topological polar surface area (TPSA) is 208 Å². The van der Waals surface area contributed by atoms with Crippen molar-refractivity contribution >= 4 is 41.4 Å². The van der Waals surface area contributed by atoms with Gasteiger partial charge < -0.3 is 37.0 Å². The highest BCUT2D eigenvalue weighted by Crippen LogP contribution is 2.07. The van der Waals surface area contributed by atoms with Gasteiger partial charge in [0.05, 0.1) is 12.5 Å². The zero-order valence-electron chi connectivity index (χ0n) is 18.0. The summed E-state index contributed by atoms with van der Waals surface area (Å²) in [5, 5.41) is 34.6. The average molecular weight is 465 g/mol. The summed E-state index contributed by atoms with van der Waals surface area (Å²) < 4.78 is 0. The van der Waals surface area contributed by atoms with Crippen LogP contribution in [0.15, 0.2) is 0 Å². The summed E-state index contributed by atoms with van der Waals surface area (Å²) in [5.41, 5.74) is 5.50. The third-order valence-electron chi connectivity index (χ3n) is 4.31. The van der Waals surface area contributed by atoms with Crippen LogP contribution in [0, 0.1) is 5.92 Å². The zero-order chi connectivity index (χ0) is 24.3. The van der Waals surface area contributed by atoms with Crippen LogP contribution in [0.3, 0.4) is 0 Å². The predicted octanol–water partition coefficient (Wildman–Crippen LogP) is -1.88. The molecule has 0 saturated heterocycles. The summed E-state index contributed by atoms with van der Waals surface area (Å²) in [5.74, 6) is -5.23. The van der Waals surface area contributed by atoms with Gasteiger partial charge >= 0.3 is 11.9 Å². The van der Waals surface area contributed by atoms with Crippen LogP contribution in [0.1, 0.15) is 33.6 Å². The van der Waals surface area contributed by atoms with Gasteiger partial charge in [-0.05, 0) is 31.3 Å². The van der Waals surface area contributed by atoms with Crippen molar-refractivity contribution in [1.29, 1.82) is 0 Å². The first kappa shape index (κ1) is 28.6. The first-order chi connectivity index (χ1) is 14.3. The number of aliphatic carboxylic acids is 2. The van der Waals surface area contributed by atoms with E-state index in [4.69, 9.17) is 10.8 Å². The number of thioether (sulfide) groups is 1. The molecule has 31 heavy (non-hydrogen) atoms. The van der Waals surface area contributed by atoms with E-state index < -0.39 is 72.3 Å². The molecule has 0 radical (unpaired) electrons. The van der Waals surface area contributed by atoms with Crippen LogP contribution in [0.4, 0.5) is 0 Å². The number of carbonyl (C=O) groups excluding carboxylic acids is 3. The number of nitrogens with two attached hydrogens (primary N) is 1.